The molecule has 5 nitrogen and oxygen atoms in total. The summed E-state index contributed by atoms with van der Waals surface area (Å²) < 4.78 is 15.7. The molecule has 3 N–H and O–H groups in total. The van der Waals surface area contributed by atoms with E-state index in [0.717, 1.165) is 5.69 Å². The molecule has 2 aromatic rings. The van der Waals surface area contributed by atoms with Crippen molar-refractivity contribution < 1.29 is 14.2 Å². The molecular formula is C15H17ClN2O3. The number of anilines is 3. The summed E-state index contributed by atoms with van der Waals surface area (Å²) in [5.74, 6) is 1.82. The zero-order chi connectivity index (χ0) is 15.4. The molecule has 0 bridgehead atoms. The Balaban J connectivity index is 2.40. The van der Waals surface area contributed by atoms with Gasteiger partial charge in [-0.1, -0.05) is 11.6 Å². The molecule has 112 valence electrons. The molecule has 0 radical (unpaired) electrons. The van der Waals surface area contributed by atoms with Gasteiger partial charge in [-0.2, -0.15) is 0 Å². The first-order valence-corrected chi connectivity index (χ1v) is 6.58. The third-order valence-electron chi connectivity index (χ3n) is 2.92. The molecule has 0 fully saturated rings. The van der Waals surface area contributed by atoms with Crippen LogP contribution in [0.1, 0.15) is 0 Å². The van der Waals surface area contributed by atoms with Gasteiger partial charge in [0.05, 0.1) is 32.0 Å². The van der Waals surface area contributed by atoms with Crippen molar-refractivity contribution in [2.45, 2.75) is 0 Å². The van der Waals surface area contributed by atoms with E-state index in [1.54, 1.807) is 45.6 Å². The van der Waals surface area contributed by atoms with E-state index in [9.17, 15) is 0 Å². The number of nitrogens with one attached hydrogen (secondary N) is 1. The maximum Gasteiger partial charge on any atom is 0.144 e. The van der Waals surface area contributed by atoms with Gasteiger partial charge in [0.1, 0.15) is 17.2 Å². The van der Waals surface area contributed by atoms with E-state index in [4.69, 9.17) is 31.5 Å². The van der Waals surface area contributed by atoms with Gasteiger partial charge < -0.3 is 25.3 Å². The van der Waals surface area contributed by atoms with Crippen LogP contribution in [0.5, 0.6) is 17.2 Å². The average molecular weight is 309 g/mol. The number of nitrogens with two attached hydrogens (primary N) is 1. The lowest BCUT2D eigenvalue weighted by Crippen LogP contribution is -1.98. The van der Waals surface area contributed by atoms with E-state index in [0.29, 0.717) is 33.6 Å². The van der Waals surface area contributed by atoms with Crippen LogP contribution in [0.2, 0.25) is 5.02 Å². The van der Waals surface area contributed by atoms with Crippen molar-refractivity contribution in [2.24, 2.45) is 0 Å². The van der Waals surface area contributed by atoms with Gasteiger partial charge in [0.2, 0.25) is 0 Å². The maximum atomic E-state index is 6.08. The van der Waals surface area contributed by atoms with E-state index in [1.165, 1.54) is 0 Å². The van der Waals surface area contributed by atoms with Crippen LogP contribution in [-0.2, 0) is 0 Å². The predicted octanol–water partition coefficient (Wildman–Crippen LogP) is 3.69. The number of ether oxygens (including phenoxy) is 3. The highest BCUT2D eigenvalue weighted by atomic mass is 35.5. The fraction of sp³-hybridized carbons (Fsp3) is 0.200. The van der Waals surface area contributed by atoms with Gasteiger partial charge in [-0.3, -0.25) is 0 Å². The van der Waals surface area contributed by atoms with E-state index < -0.39 is 0 Å². The van der Waals surface area contributed by atoms with Gasteiger partial charge in [0, 0.05) is 35.6 Å². The Morgan fingerprint density at radius 2 is 1.62 bits per heavy atom. The number of benzene rings is 2. The SMILES string of the molecule is COc1cc(N)cc(Nc2cc(OC)c(Cl)cc2OC)c1. The minimum Gasteiger partial charge on any atom is -0.497 e. The molecule has 0 saturated carbocycles. The molecule has 6 heteroatoms. The quantitative estimate of drug-likeness (QED) is 0.825. The fourth-order valence-electron chi connectivity index (χ4n) is 1.93. The van der Waals surface area contributed by atoms with Crippen LogP contribution in [0.15, 0.2) is 30.3 Å². The van der Waals surface area contributed by atoms with Gasteiger partial charge in [-0.25, -0.2) is 0 Å². The molecule has 0 aliphatic rings. The third-order valence-corrected chi connectivity index (χ3v) is 3.21. The summed E-state index contributed by atoms with van der Waals surface area (Å²) in [6.45, 7) is 0. The van der Waals surface area contributed by atoms with Gasteiger partial charge in [0.25, 0.3) is 0 Å². The molecule has 0 unspecified atom stereocenters. The lowest BCUT2D eigenvalue weighted by atomic mass is 10.2. The van der Waals surface area contributed by atoms with Crippen molar-refractivity contribution in [3.05, 3.63) is 35.4 Å². The Morgan fingerprint density at radius 3 is 2.24 bits per heavy atom. The Hall–Kier alpha value is -2.27. The van der Waals surface area contributed by atoms with Crippen LogP contribution in [0, 0.1) is 0 Å². The van der Waals surface area contributed by atoms with Crippen molar-refractivity contribution in [1.82, 2.24) is 0 Å². The van der Waals surface area contributed by atoms with Crippen molar-refractivity contribution in [2.75, 3.05) is 32.4 Å². The predicted molar refractivity (Wildman–Crippen MR) is 85.2 cm³/mol. The van der Waals surface area contributed by atoms with Crippen LogP contribution >= 0.6 is 11.6 Å². The summed E-state index contributed by atoms with van der Waals surface area (Å²) in [5, 5.41) is 3.69. The molecule has 0 atom stereocenters. The molecular weight excluding hydrogens is 292 g/mol. The van der Waals surface area contributed by atoms with Crippen LogP contribution in [-0.4, -0.2) is 21.3 Å². The van der Waals surface area contributed by atoms with Gasteiger partial charge in [-0.15, -0.1) is 0 Å². The standard InChI is InChI=1S/C15H17ClN2O3/c1-19-11-5-9(17)4-10(6-11)18-13-8-14(20-2)12(16)7-15(13)21-3/h4-8,18H,17H2,1-3H3. The largest absolute Gasteiger partial charge is 0.497 e. The molecule has 0 amide bonds. The van der Waals surface area contributed by atoms with Gasteiger partial charge in [0.15, 0.2) is 0 Å². The molecule has 0 aliphatic carbocycles. The summed E-state index contributed by atoms with van der Waals surface area (Å²) >= 11 is 6.08. The molecule has 0 aliphatic heterocycles. The summed E-state index contributed by atoms with van der Waals surface area (Å²) in [5.41, 5.74) is 7.92. The smallest absolute Gasteiger partial charge is 0.144 e. The number of methoxy groups -OCH3 is 3. The minimum atomic E-state index is 0.477. The first-order chi connectivity index (χ1) is 10.1. The van der Waals surface area contributed by atoms with E-state index in [1.807, 2.05) is 6.07 Å². The number of halogens is 1. The van der Waals surface area contributed by atoms with E-state index in [-0.39, 0.29) is 0 Å². The van der Waals surface area contributed by atoms with Crippen LogP contribution in [0.3, 0.4) is 0 Å². The monoisotopic (exact) mass is 308 g/mol. The van der Waals surface area contributed by atoms with Gasteiger partial charge >= 0.3 is 0 Å². The summed E-state index contributed by atoms with van der Waals surface area (Å²) in [4.78, 5) is 0. The lowest BCUT2D eigenvalue weighted by molar-refractivity contribution is 0.405. The normalized spacial score (nSPS) is 10.1. The summed E-state index contributed by atoms with van der Waals surface area (Å²) in [7, 11) is 4.72. The maximum absolute atomic E-state index is 6.08. The lowest BCUT2D eigenvalue weighted by Gasteiger charge is -2.15. The van der Waals surface area contributed by atoms with Crippen molar-refractivity contribution in [3.63, 3.8) is 0 Å². The highest BCUT2D eigenvalue weighted by molar-refractivity contribution is 6.32. The Labute approximate surface area is 128 Å². The Kier molecular flexibility index (Phi) is 4.65. The first kappa shape index (κ1) is 15.1. The molecule has 0 aromatic heterocycles. The second kappa shape index (κ2) is 6.45. The molecule has 0 saturated heterocycles. The molecule has 21 heavy (non-hydrogen) atoms. The number of hydrogen-bond donors (Lipinski definition) is 2. The van der Waals surface area contributed by atoms with Crippen molar-refractivity contribution >= 4 is 28.7 Å². The van der Waals surface area contributed by atoms with Gasteiger partial charge in [-0.05, 0) is 6.07 Å². The van der Waals surface area contributed by atoms with E-state index >= 15 is 0 Å². The van der Waals surface area contributed by atoms with E-state index in [2.05, 4.69) is 5.32 Å². The molecule has 0 spiro atoms. The second-order valence-electron chi connectivity index (χ2n) is 4.31. The number of nitrogen functional groups attached to an aromatic ring is 1. The van der Waals surface area contributed by atoms with Crippen LogP contribution < -0.4 is 25.3 Å². The Morgan fingerprint density at radius 1 is 0.905 bits per heavy atom. The zero-order valence-electron chi connectivity index (χ0n) is 12.1. The van der Waals surface area contributed by atoms with Crippen LogP contribution in [0.4, 0.5) is 17.1 Å². The fourth-order valence-corrected chi connectivity index (χ4v) is 2.16. The van der Waals surface area contributed by atoms with Crippen LogP contribution in [0.25, 0.3) is 0 Å². The van der Waals surface area contributed by atoms with Crippen molar-refractivity contribution in [3.8, 4) is 17.2 Å². The highest BCUT2D eigenvalue weighted by Gasteiger charge is 2.11. The molecule has 2 rings (SSSR count). The Bertz CT molecular complexity index is 647. The third kappa shape index (κ3) is 3.44. The summed E-state index contributed by atoms with van der Waals surface area (Å²) in [6.07, 6.45) is 0. The molecule has 0 heterocycles. The second-order valence-corrected chi connectivity index (χ2v) is 4.71. The average Bonchev–Trinajstić information content (AvgIpc) is 2.47. The summed E-state index contributed by atoms with van der Waals surface area (Å²) in [6, 6.07) is 8.81. The molecule has 2 aromatic carbocycles. The highest BCUT2D eigenvalue weighted by Crippen LogP contribution is 2.38. The topological polar surface area (TPSA) is 65.7 Å². The minimum absolute atomic E-state index is 0.477. The number of hydrogen-bond acceptors (Lipinski definition) is 5. The first-order valence-electron chi connectivity index (χ1n) is 6.20. The van der Waals surface area contributed by atoms with Crippen molar-refractivity contribution in [1.29, 1.82) is 0 Å². The number of rotatable bonds is 5. The zero-order valence-corrected chi connectivity index (χ0v) is 12.8.